The highest BCUT2D eigenvalue weighted by Gasteiger charge is 2.24. The van der Waals surface area contributed by atoms with Crippen molar-refractivity contribution < 1.29 is 4.79 Å². The van der Waals surface area contributed by atoms with E-state index in [1.54, 1.807) is 0 Å². The van der Waals surface area contributed by atoms with Gasteiger partial charge in [-0.05, 0) is 44.4 Å². The van der Waals surface area contributed by atoms with Crippen molar-refractivity contribution in [3.8, 4) is 0 Å². The lowest BCUT2D eigenvalue weighted by molar-refractivity contribution is 0.0901. The summed E-state index contributed by atoms with van der Waals surface area (Å²) in [6.45, 7) is 6.13. The van der Waals surface area contributed by atoms with E-state index in [9.17, 15) is 4.79 Å². The van der Waals surface area contributed by atoms with Crippen LogP contribution in [0.15, 0.2) is 22.7 Å². The first kappa shape index (κ1) is 15.7. The van der Waals surface area contributed by atoms with E-state index in [1.165, 1.54) is 0 Å². The summed E-state index contributed by atoms with van der Waals surface area (Å²) in [7, 11) is 0. The minimum Gasteiger partial charge on any atom is -0.347 e. The van der Waals surface area contributed by atoms with Crippen LogP contribution < -0.4 is 5.32 Å². The van der Waals surface area contributed by atoms with Crippen molar-refractivity contribution in [3.63, 3.8) is 0 Å². The van der Waals surface area contributed by atoms with Crippen molar-refractivity contribution >= 4 is 37.8 Å². The van der Waals surface area contributed by atoms with Crippen molar-refractivity contribution in [1.29, 1.82) is 0 Å². The van der Waals surface area contributed by atoms with E-state index in [1.807, 2.05) is 25.1 Å². The molecule has 0 bridgehead atoms. The van der Waals surface area contributed by atoms with E-state index < -0.39 is 0 Å². The van der Waals surface area contributed by atoms with Crippen LogP contribution in [0.1, 0.15) is 42.6 Å². The molecule has 1 aromatic carbocycles. The standard InChI is InChI=1S/C14H19Br2NO/c1-4-14(3,7-8-15)17-13(18)12-9-11(16)6-5-10(12)2/h5-6,9H,4,7-8H2,1-3H3,(H,17,18). The molecular weight excluding hydrogens is 358 g/mol. The van der Waals surface area contributed by atoms with Crippen LogP contribution in [-0.4, -0.2) is 16.8 Å². The molecule has 0 aliphatic rings. The van der Waals surface area contributed by atoms with Crippen LogP contribution >= 0.6 is 31.9 Å². The van der Waals surface area contributed by atoms with E-state index >= 15 is 0 Å². The van der Waals surface area contributed by atoms with Gasteiger partial charge in [-0.3, -0.25) is 4.79 Å². The minimum absolute atomic E-state index is 0.000833. The average Bonchev–Trinajstić information content (AvgIpc) is 2.32. The van der Waals surface area contributed by atoms with Gasteiger partial charge in [-0.2, -0.15) is 0 Å². The number of amides is 1. The maximum absolute atomic E-state index is 12.3. The second-order valence-electron chi connectivity index (χ2n) is 4.77. The summed E-state index contributed by atoms with van der Waals surface area (Å²) >= 11 is 6.84. The van der Waals surface area contributed by atoms with Crippen LogP contribution in [0.4, 0.5) is 0 Å². The topological polar surface area (TPSA) is 29.1 Å². The largest absolute Gasteiger partial charge is 0.347 e. The molecule has 0 radical (unpaired) electrons. The Morgan fingerprint density at radius 3 is 2.67 bits per heavy atom. The van der Waals surface area contributed by atoms with E-state index in [2.05, 4.69) is 51.0 Å². The summed E-state index contributed by atoms with van der Waals surface area (Å²) in [5, 5.41) is 4.02. The third kappa shape index (κ3) is 4.09. The van der Waals surface area contributed by atoms with Gasteiger partial charge in [0.05, 0.1) is 0 Å². The van der Waals surface area contributed by atoms with Gasteiger partial charge in [0.15, 0.2) is 0 Å². The fourth-order valence-corrected chi connectivity index (χ4v) is 2.95. The Bertz CT molecular complexity index is 434. The Hall–Kier alpha value is -0.350. The van der Waals surface area contributed by atoms with Crippen LogP contribution in [0.5, 0.6) is 0 Å². The quantitative estimate of drug-likeness (QED) is 0.756. The van der Waals surface area contributed by atoms with Crippen LogP contribution in [0.25, 0.3) is 0 Å². The number of hydrogen-bond acceptors (Lipinski definition) is 1. The third-order valence-corrected chi connectivity index (χ3v) is 4.18. The molecule has 1 rings (SSSR count). The summed E-state index contributed by atoms with van der Waals surface area (Å²) < 4.78 is 0.928. The number of alkyl halides is 1. The number of carbonyl (C=O) groups excluding carboxylic acids is 1. The number of aryl methyl sites for hydroxylation is 1. The number of nitrogens with one attached hydrogen (secondary N) is 1. The predicted molar refractivity (Wildman–Crippen MR) is 83.5 cm³/mol. The van der Waals surface area contributed by atoms with E-state index in [4.69, 9.17) is 0 Å². The summed E-state index contributed by atoms with van der Waals surface area (Å²) in [5.41, 5.74) is 1.57. The first-order chi connectivity index (χ1) is 8.41. The van der Waals surface area contributed by atoms with Gasteiger partial charge < -0.3 is 5.32 Å². The SMILES string of the molecule is CCC(C)(CCBr)NC(=O)c1cc(Br)ccc1C. The monoisotopic (exact) mass is 375 g/mol. The van der Waals surface area contributed by atoms with Crippen molar-refractivity contribution in [3.05, 3.63) is 33.8 Å². The molecule has 0 aromatic heterocycles. The van der Waals surface area contributed by atoms with Gasteiger partial charge in [0.1, 0.15) is 0 Å². The Morgan fingerprint density at radius 2 is 2.11 bits per heavy atom. The molecule has 0 spiro atoms. The molecule has 18 heavy (non-hydrogen) atoms. The Morgan fingerprint density at radius 1 is 1.44 bits per heavy atom. The maximum Gasteiger partial charge on any atom is 0.252 e. The molecule has 1 aromatic rings. The van der Waals surface area contributed by atoms with Gasteiger partial charge in [-0.1, -0.05) is 44.8 Å². The lowest BCUT2D eigenvalue weighted by atomic mass is 9.94. The Labute approximate surface area is 126 Å². The Balaban J connectivity index is 2.90. The van der Waals surface area contributed by atoms with E-state index in [-0.39, 0.29) is 11.4 Å². The second-order valence-corrected chi connectivity index (χ2v) is 6.48. The molecule has 0 aliphatic heterocycles. The molecule has 4 heteroatoms. The lowest BCUT2D eigenvalue weighted by Gasteiger charge is -2.29. The lowest BCUT2D eigenvalue weighted by Crippen LogP contribution is -2.46. The smallest absolute Gasteiger partial charge is 0.252 e. The molecule has 0 fully saturated rings. The second kappa shape index (κ2) is 6.71. The third-order valence-electron chi connectivity index (χ3n) is 3.29. The number of carbonyl (C=O) groups is 1. The van der Waals surface area contributed by atoms with Gasteiger partial charge in [0.2, 0.25) is 0 Å². The number of benzene rings is 1. The zero-order chi connectivity index (χ0) is 13.8. The van der Waals surface area contributed by atoms with Gasteiger partial charge in [0, 0.05) is 20.9 Å². The molecule has 0 heterocycles. The molecule has 0 saturated heterocycles. The number of halogens is 2. The summed E-state index contributed by atoms with van der Waals surface area (Å²) in [6, 6.07) is 5.77. The van der Waals surface area contributed by atoms with Gasteiger partial charge in [0.25, 0.3) is 5.91 Å². The molecular formula is C14H19Br2NO. The molecule has 2 nitrogen and oxygen atoms in total. The van der Waals surface area contributed by atoms with Gasteiger partial charge >= 0.3 is 0 Å². The number of rotatable bonds is 5. The van der Waals surface area contributed by atoms with Crippen molar-refractivity contribution in [2.75, 3.05) is 5.33 Å². The van der Waals surface area contributed by atoms with Crippen LogP contribution in [0, 0.1) is 6.92 Å². The molecule has 1 N–H and O–H groups in total. The maximum atomic E-state index is 12.3. The summed E-state index contributed by atoms with van der Waals surface area (Å²) in [6.07, 6.45) is 1.83. The zero-order valence-corrected chi connectivity index (χ0v) is 14.2. The molecule has 1 amide bonds. The van der Waals surface area contributed by atoms with Crippen LogP contribution in [-0.2, 0) is 0 Å². The van der Waals surface area contributed by atoms with E-state index in [0.29, 0.717) is 0 Å². The van der Waals surface area contributed by atoms with E-state index in [0.717, 1.165) is 33.8 Å². The fraction of sp³-hybridized carbons (Fsp3) is 0.500. The first-order valence-corrected chi connectivity index (χ1v) is 7.98. The minimum atomic E-state index is -0.157. The fourth-order valence-electron chi connectivity index (χ4n) is 1.72. The van der Waals surface area contributed by atoms with Crippen molar-refractivity contribution in [1.82, 2.24) is 5.32 Å². The Kier molecular flexibility index (Phi) is 5.86. The highest BCUT2D eigenvalue weighted by molar-refractivity contribution is 9.10. The average molecular weight is 377 g/mol. The highest BCUT2D eigenvalue weighted by atomic mass is 79.9. The highest BCUT2D eigenvalue weighted by Crippen LogP contribution is 2.20. The molecule has 1 atom stereocenters. The molecule has 1 unspecified atom stereocenters. The first-order valence-electron chi connectivity index (χ1n) is 6.06. The molecule has 100 valence electrons. The molecule has 0 saturated carbocycles. The van der Waals surface area contributed by atoms with Gasteiger partial charge in [-0.15, -0.1) is 0 Å². The van der Waals surface area contributed by atoms with Gasteiger partial charge in [-0.25, -0.2) is 0 Å². The summed E-state index contributed by atoms with van der Waals surface area (Å²) in [5.74, 6) is -0.000833. The van der Waals surface area contributed by atoms with Crippen LogP contribution in [0.3, 0.4) is 0 Å². The predicted octanol–water partition coefficient (Wildman–Crippen LogP) is 4.44. The zero-order valence-electron chi connectivity index (χ0n) is 11.0. The van der Waals surface area contributed by atoms with Crippen molar-refractivity contribution in [2.24, 2.45) is 0 Å². The summed E-state index contributed by atoms with van der Waals surface area (Å²) in [4.78, 5) is 12.3. The van der Waals surface area contributed by atoms with Crippen molar-refractivity contribution in [2.45, 2.75) is 39.2 Å². The molecule has 0 aliphatic carbocycles. The van der Waals surface area contributed by atoms with Crippen LogP contribution in [0.2, 0.25) is 0 Å². The normalized spacial score (nSPS) is 14.1. The number of hydrogen-bond donors (Lipinski definition) is 1.